The second-order valence-electron chi connectivity index (χ2n) is 9.25. The Bertz CT molecular complexity index is 741. The minimum atomic E-state index is 0.365. The maximum Gasteiger partial charge on any atom is 0.191 e. The van der Waals surface area contributed by atoms with Crippen LogP contribution < -0.4 is 10.6 Å². The summed E-state index contributed by atoms with van der Waals surface area (Å²) in [5.74, 6) is 1.45. The molecule has 0 aromatic heterocycles. The molecule has 0 aliphatic carbocycles. The molecule has 2 heterocycles. The number of hydrogen-bond acceptors (Lipinski definition) is 3. The van der Waals surface area contributed by atoms with E-state index >= 15 is 0 Å². The molecule has 31 heavy (non-hydrogen) atoms. The molecule has 0 bridgehead atoms. The summed E-state index contributed by atoms with van der Waals surface area (Å²) in [6.07, 6.45) is 4.71. The molecule has 2 unspecified atom stereocenters. The van der Waals surface area contributed by atoms with Crippen LogP contribution in [0, 0.1) is 5.92 Å². The number of hydrogen-bond donors (Lipinski definition) is 2. The highest BCUT2D eigenvalue weighted by Crippen LogP contribution is 2.36. The lowest BCUT2D eigenvalue weighted by Crippen LogP contribution is -2.49. The summed E-state index contributed by atoms with van der Waals surface area (Å²) in [6, 6.07) is 9.19. The molecule has 2 N–H and O–H groups in total. The summed E-state index contributed by atoms with van der Waals surface area (Å²) in [6.45, 7) is 14.4. The zero-order valence-electron chi connectivity index (χ0n) is 19.5. The third-order valence-electron chi connectivity index (χ3n) is 6.45. The maximum absolute atomic E-state index is 6.30. The molecule has 6 heteroatoms. The van der Waals surface area contributed by atoms with Crippen molar-refractivity contribution < 1.29 is 0 Å². The van der Waals surface area contributed by atoms with Gasteiger partial charge in [0.1, 0.15) is 0 Å². The van der Waals surface area contributed by atoms with E-state index in [1.54, 1.807) is 0 Å². The van der Waals surface area contributed by atoms with Gasteiger partial charge in [0.05, 0.1) is 0 Å². The topological polar surface area (TPSA) is 42.9 Å². The van der Waals surface area contributed by atoms with Crippen LogP contribution in [0.25, 0.3) is 0 Å². The number of nitrogens with zero attached hydrogens (tertiary/aromatic N) is 3. The molecular formula is C25H40ClN5. The molecule has 2 aliphatic rings. The Balaban J connectivity index is 1.62. The third kappa shape index (κ3) is 7.23. The summed E-state index contributed by atoms with van der Waals surface area (Å²) in [4.78, 5) is 10.0. The van der Waals surface area contributed by atoms with E-state index in [1.165, 1.54) is 24.0 Å². The molecule has 2 fully saturated rings. The Labute approximate surface area is 193 Å². The Morgan fingerprint density at radius 2 is 2.00 bits per heavy atom. The van der Waals surface area contributed by atoms with Gasteiger partial charge in [-0.1, -0.05) is 35.9 Å². The maximum atomic E-state index is 6.30. The summed E-state index contributed by atoms with van der Waals surface area (Å²) in [5.41, 5.74) is 2.55. The lowest BCUT2D eigenvalue weighted by molar-refractivity contribution is 0.125. The molecule has 0 saturated carbocycles. The van der Waals surface area contributed by atoms with Crippen LogP contribution in [0.2, 0.25) is 5.02 Å². The molecule has 2 aliphatic heterocycles. The SMILES string of the molecule is C=C(C)CN1CCC(NC(=NCC2CCCN(C)C2c2cccc(Cl)c2)NCC)CC1. The van der Waals surface area contributed by atoms with Crippen LogP contribution in [0.1, 0.15) is 51.1 Å². The minimum absolute atomic E-state index is 0.365. The second-order valence-corrected chi connectivity index (χ2v) is 9.69. The van der Waals surface area contributed by atoms with E-state index in [4.69, 9.17) is 16.6 Å². The van der Waals surface area contributed by atoms with Crippen LogP contribution in [0.3, 0.4) is 0 Å². The fraction of sp³-hybridized carbons (Fsp3) is 0.640. The Morgan fingerprint density at radius 1 is 1.23 bits per heavy atom. The van der Waals surface area contributed by atoms with Crippen molar-refractivity contribution in [2.45, 2.75) is 51.6 Å². The molecule has 0 radical (unpaired) electrons. The molecule has 5 nitrogen and oxygen atoms in total. The highest BCUT2D eigenvalue weighted by molar-refractivity contribution is 6.30. The highest BCUT2D eigenvalue weighted by Gasteiger charge is 2.30. The van der Waals surface area contributed by atoms with Gasteiger partial charge in [-0.15, -0.1) is 0 Å². The van der Waals surface area contributed by atoms with Crippen molar-refractivity contribution in [2.24, 2.45) is 10.9 Å². The fourth-order valence-electron chi connectivity index (χ4n) is 5.01. The lowest BCUT2D eigenvalue weighted by atomic mass is 9.85. The van der Waals surface area contributed by atoms with E-state index in [0.29, 0.717) is 18.0 Å². The normalized spacial score (nSPS) is 24.2. The number of likely N-dealkylation sites (tertiary alicyclic amines) is 2. The predicted octanol–water partition coefficient (Wildman–Crippen LogP) is 4.32. The van der Waals surface area contributed by atoms with E-state index < -0.39 is 0 Å². The van der Waals surface area contributed by atoms with E-state index in [-0.39, 0.29) is 0 Å². The molecule has 2 atom stereocenters. The summed E-state index contributed by atoms with van der Waals surface area (Å²) < 4.78 is 0. The van der Waals surface area contributed by atoms with Crippen LogP contribution >= 0.6 is 11.6 Å². The van der Waals surface area contributed by atoms with Gasteiger partial charge < -0.3 is 10.6 Å². The van der Waals surface area contributed by atoms with Gasteiger partial charge in [0, 0.05) is 49.8 Å². The van der Waals surface area contributed by atoms with Crippen LogP contribution in [-0.4, -0.2) is 68.1 Å². The quantitative estimate of drug-likeness (QED) is 0.372. The first kappa shape index (κ1) is 24.1. The van der Waals surface area contributed by atoms with Crippen molar-refractivity contribution in [3.05, 3.63) is 47.0 Å². The number of halogens is 1. The number of piperidine rings is 2. The molecule has 3 rings (SSSR count). The molecule has 1 aromatic rings. The zero-order valence-corrected chi connectivity index (χ0v) is 20.3. The number of rotatable bonds is 7. The van der Waals surface area contributed by atoms with Gasteiger partial charge in [-0.05, 0) is 76.7 Å². The van der Waals surface area contributed by atoms with E-state index in [2.05, 4.69) is 66.1 Å². The van der Waals surface area contributed by atoms with Crippen LogP contribution in [-0.2, 0) is 0 Å². The zero-order chi connectivity index (χ0) is 22.2. The predicted molar refractivity (Wildman–Crippen MR) is 133 cm³/mol. The summed E-state index contributed by atoms with van der Waals surface area (Å²) in [7, 11) is 2.23. The monoisotopic (exact) mass is 445 g/mol. The average molecular weight is 446 g/mol. The van der Waals surface area contributed by atoms with Crippen molar-refractivity contribution in [3.8, 4) is 0 Å². The van der Waals surface area contributed by atoms with Gasteiger partial charge in [0.15, 0.2) is 5.96 Å². The molecule has 2 saturated heterocycles. The van der Waals surface area contributed by atoms with Crippen molar-refractivity contribution >= 4 is 17.6 Å². The number of nitrogens with one attached hydrogen (secondary N) is 2. The molecule has 0 spiro atoms. The Kier molecular flexibility index (Phi) is 9.24. The first-order valence-corrected chi connectivity index (χ1v) is 12.2. The number of guanidine groups is 1. The molecular weight excluding hydrogens is 406 g/mol. The van der Waals surface area contributed by atoms with Crippen molar-refractivity contribution in [2.75, 3.05) is 46.3 Å². The lowest BCUT2D eigenvalue weighted by Gasteiger charge is -2.39. The van der Waals surface area contributed by atoms with Crippen molar-refractivity contribution in [3.63, 3.8) is 0 Å². The Morgan fingerprint density at radius 3 is 2.68 bits per heavy atom. The molecule has 172 valence electrons. The van der Waals surface area contributed by atoms with Gasteiger partial charge in [-0.2, -0.15) is 0 Å². The first-order chi connectivity index (χ1) is 15.0. The summed E-state index contributed by atoms with van der Waals surface area (Å²) in [5, 5.41) is 7.98. The standard InChI is InChI=1S/C25H40ClN5/c1-5-27-25(29-23-11-14-31(15-12-23)18-19(2)3)28-17-21-9-7-13-30(4)24(21)20-8-6-10-22(26)16-20/h6,8,10,16,21,23-24H,2,5,7,9,11-15,17-18H2,1,3-4H3,(H2,27,28,29). The van der Waals surface area contributed by atoms with Gasteiger partial charge in [0.25, 0.3) is 0 Å². The second kappa shape index (κ2) is 11.9. The van der Waals surface area contributed by atoms with Gasteiger partial charge in [-0.3, -0.25) is 14.8 Å². The van der Waals surface area contributed by atoms with Crippen molar-refractivity contribution in [1.29, 1.82) is 0 Å². The first-order valence-electron chi connectivity index (χ1n) is 11.8. The largest absolute Gasteiger partial charge is 0.357 e. The third-order valence-corrected chi connectivity index (χ3v) is 6.68. The summed E-state index contributed by atoms with van der Waals surface area (Å²) >= 11 is 6.30. The van der Waals surface area contributed by atoms with E-state index in [9.17, 15) is 0 Å². The fourth-order valence-corrected chi connectivity index (χ4v) is 5.21. The molecule has 1 aromatic carbocycles. The van der Waals surface area contributed by atoms with Crippen LogP contribution in [0.15, 0.2) is 41.4 Å². The average Bonchev–Trinajstić information content (AvgIpc) is 2.73. The van der Waals surface area contributed by atoms with Gasteiger partial charge in [0.2, 0.25) is 0 Å². The molecule has 0 amide bonds. The van der Waals surface area contributed by atoms with E-state index in [0.717, 1.165) is 63.1 Å². The van der Waals surface area contributed by atoms with Crippen LogP contribution in [0.4, 0.5) is 0 Å². The van der Waals surface area contributed by atoms with Gasteiger partial charge in [-0.25, -0.2) is 0 Å². The smallest absolute Gasteiger partial charge is 0.191 e. The van der Waals surface area contributed by atoms with E-state index in [1.807, 2.05) is 6.07 Å². The number of aliphatic imine (C=N–C) groups is 1. The van der Waals surface area contributed by atoms with Gasteiger partial charge >= 0.3 is 0 Å². The van der Waals surface area contributed by atoms with Crippen LogP contribution in [0.5, 0.6) is 0 Å². The van der Waals surface area contributed by atoms with Crippen molar-refractivity contribution in [1.82, 2.24) is 20.4 Å². The Hall–Kier alpha value is -1.56. The highest BCUT2D eigenvalue weighted by atomic mass is 35.5. The number of benzene rings is 1. The minimum Gasteiger partial charge on any atom is -0.357 e.